The van der Waals surface area contributed by atoms with Crippen LogP contribution in [0.1, 0.15) is 39.4 Å². The van der Waals surface area contributed by atoms with Crippen LogP contribution in [0.4, 0.5) is 24.5 Å². The van der Waals surface area contributed by atoms with E-state index in [1.54, 1.807) is 19.9 Å². The van der Waals surface area contributed by atoms with E-state index >= 15 is 0 Å². The van der Waals surface area contributed by atoms with Crippen LogP contribution in [-0.4, -0.2) is 45.5 Å². The molecule has 0 spiro atoms. The van der Waals surface area contributed by atoms with Crippen molar-refractivity contribution in [3.8, 4) is 0 Å². The Hall–Kier alpha value is -3.33. The highest BCUT2D eigenvalue weighted by molar-refractivity contribution is 14.1. The first-order valence-corrected chi connectivity index (χ1v) is 12.6. The lowest BCUT2D eigenvalue weighted by Gasteiger charge is -2.27. The van der Waals surface area contributed by atoms with E-state index in [1.807, 2.05) is 0 Å². The van der Waals surface area contributed by atoms with Gasteiger partial charge in [0.05, 0.1) is 41.9 Å². The lowest BCUT2D eigenvalue weighted by molar-refractivity contribution is -0.127. The number of aryl methyl sites for hydroxylation is 2. The second kappa shape index (κ2) is 11.2. The number of halogens is 4. The predicted octanol–water partition coefficient (Wildman–Crippen LogP) is 4.06. The van der Waals surface area contributed by atoms with E-state index in [4.69, 9.17) is 4.74 Å². The largest absolute Gasteiger partial charge is 0.378 e. The summed E-state index contributed by atoms with van der Waals surface area (Å²) in [5, 5.41) is 8.42. The average molecular weight is 640 g/mol. The molecule has 1 aromatic carbocycles. The van der Waals surface area contributed by atoms with E-state index in [9.17, 15) is 22.8 Å². The molecule has 1 aliphatic rings. The quantitative estimate of drug-likeness (QED) is 0.251. The standard InChI is InChI=1S/C25H24F3IN6O3/c1-14-7-18(34-20-4-3-17(26)8-19(20)25(27,28)29)11-32-21(14)12-33-23(37)24(5-6-38-13-24)35-22(36)16-9-30-15(2)31-10-16/h3-4,7-11,34H,5-6,12-13H2,1-2H3,(H,33,37)(H,35,36)/t24-/m0/s1. The van der Waals surface area contributed by atoms with Crippen LogP contribution in [-0.2, 0) is 20.0 Å². The van der Waals surface area contributed by atoms with Gasteiger partial charge < -0.3 is 20.7 Å². The molecular formula is C25H24F3IN6O3. The van der Waals surface area contributed by atoms with Gasteiger partial charge in [0.15, 0.2) is 0 Å². The molecule has 3 N–H and O–H groups in total. The maximum Gasteiger partial charge on any atom is 0.323 e. The number of rotatable bonds is 8. The average Bonchev–Trinajstić information content (AvgIpc) is 3.34. The summed E-state index contributed by atoms with van der Waals surface area (Å²) in [5.41, 5.74) is 0.147. The number of hydrogen-bond acceptors (Lipinski definition) is 7. The van der Waals surface area contributed by atoms with Gasteiger partial charge in [-0.25, -0.2) is 14.4 Å². The van der Waals surface area contributed by atoms with Gasteiger partial charge in [-0.2, -0.15) is 8.78 Å². The van der Waals surface area contributed by atoms with Crippen molar-refractivity contribution in [1.29, 1.82) is 0 Å². The maximum atomic E-state index is 14.0. The maximum absolute atomic E-state index is 14.0. The van der Waals surface area contributed by atoms with Crippen molar-refractivity contribution >= 4 is 45.8 Å². The summed E-state index contributed by atoms with van der Waals surface area (Å²) in [7, 11) is 0. The van der Waals surface area contributed by atoms with Crippen molar-refractivity contribution < 1.29 is 27.5 Å². The van der Waals surface area contributed by atoms with E-state index < -0.39 is 32.7 Å². The molecule has 200 valence electrons. The number of aromatic nitrogens is 3. The van der Waals surface area contributed by atoms with Crippen molar-refractivity contribution in [3.05, 3.63) is 76.9 Å². The Morgan fingerprint density at radius 3 is 2.50 bits per heavy atom. The van der Waals surface area contributed by atoms with Crippen molar-refractivity contribution in [2.75, 3.05) is 18.5 Å². The molecule has 0 radical (unpaired) electrons. The second-order valence-electron chi connectivity index (χ2n) is 8.84. The third kappa shape index (κ3) is 6.38. The van der Waals surface area contributed by atoms with E-state index in [-0.39, 0.29) is 30.8 Å². The molecule has 13 heteroatoms. The number of pyridine rings is 1. The first-order chi connectivity index (χ1) is 18.0. The van der Waals surface area contributed by atoms with Crippen molar-refractivity contribution in [2.45, 2.75) is 36.3 Å². The number of alkyl halides is 3. The number of carbonyl (C=O) groups is 2. The second-order valence-corrected chi connectivity index (χ2v) is 10.2. The molecule has 3 heterocycles. The Balaban J connectivity index is 1.44. The minimum Gasteiger partial charge on any atom is -0.378 e. The minimum absolute atomic E-state index is 0.00795. The normalized spacial score (nSPS) is 17.2. The third-order valence-electron chi connectivity index (χ3n) is 6.02. The molecule has 1 saturated heterocycles. The molecule has 2 aromatic heterocycles. The molecular weight excluding hydrogens is 616 g/mol. The van der Waals surface area contributed by atoms with Gasteiger partial charge in [-0.1, -0.05) is 0 Å². The van der Waals surface area contributed by atoms with Gasteiger partial charge in [0, 0.05) is 53.7 Å². The molecule has 38 heavy (non-hydrogen) atoms. The molecule has 9 nitrogen and oxygen atoms in total. The van der Waals surface area contributed by atoms with Crippen molar-refractivity contribution in [3.63, 3.8) is 0 Å². The number of nitrogens with zero attached hydrogens (tertiary/aromatic N) is 3. The summed E-state index contributed by atoms with van der Waals surface area (Å²) in [6.07, 6.45) is 4.49. The number of amides is 2. The monoisotopic (exact) mass is 640 g/mol. The van der Waals surface area contributed by atoms with Gasteiger partial charge in [0.1, 0.15) is 17.2 Å². The SMILES string of the molecule is Cc1ncc(C(=O)N[C@@]2(C(=O)NCc3ncc(Nc4ccc(F)cc4C(F)(F)I)cc3C)CCOC2)cn1. The van der Waals surface area contributed by atoms with Crippen molar-refractivity contribution in [2.24, 2.45) is 0 Å². The molecule has 0 unspecified atom stereocenters. The topological polar surface area (TPSA) is 118 Å². The first kappa shape index (κ1) is 27.7. The molecule has 4 rings (SSSR count). The summed E-state index contributed by atoms with van der Waals surface area (Å²) < 4.78 is 43.6. The van der Waals surface area contributed by atoms with Crippen LogP contribution < -0.4 is 16.0 Å². The Kier molecular flexibility index (Phi) is 8.16. The Morgan fingerprint density at radius 1 is 1.13 bits per heavy atom. The Bertz CT molecular complexity index is 1350. The van der Waals surface area contributed by atoms with E-state index in [0.29, 0.717) is 29.4 Å². The van der Waals surface area contributed by atoms with Crippen LogP contribution in [0.3, 0.4) is 0 Å². The van der Waals surface area contributed by atoms with Crippen LogP contribution in [0.25, 0.3) is 0 Å². The predicted molar refractivity (Wildman–Crippen MR) is 141 cm³/mol. The number of nitrogens with one attached hydrogen (secondary N) is 3. The summed E-state index contributed by atoms with van der Waals surface area (Å²) >= 11 is 0.948. The molecule has 0 bridgehead atoms. The summed E-state index contributed by atoms with van der Waals surface area (Å²) in [6, 6.07) is 4.79. The first-order valence-electron chi connectivity index (χ1n) is 11.5. The smallest absolute Gasteiger partial charge is 0.323 e. The Labute approximate surface area is 230 Å². The molecule has 0 aliphatic carbocycles. The number of benzene rings is 1. The van der Waals surface area contributed by atoms with Crippen LogP contribution in [0.15, 0.2) is 42.9 Å². The summed E-state index contributed by atoms with van der Waals surface area (Å²) in [4.78, 5) is 38.3. The fourth-order valence-corrected chi connectivity index (χ4v) is 4.35. The fraction of sp³-hybridized carbons (Fsp3) is 0.320. The number of anilines is 2. The highest BCUT2D eigenvalue weighted by Crippen LogP contribution is 2.40. The van der Waals surface area contributed by atoms with Gasteiger partial charge >= 0.3 is 3.93 Å². The highest BCUT2D eigenvalue weighted by Gasteiger charge is 2.44. The zero-order chi connectivity index (χ0) is 27.5. The van der Waals surface area contributed by atoms with Crippen LogP contribution in [0, 0.1) is 19.7 Å². The zero-order valence-electron chi connectivity index (χ0n) is 20.4. The summed E-state index contributed by atoms with van der Waals surface area (Å²) in [6.45, 7) is 3.82. The van der Waals surface area contributed by atoms with Gasteiger partial charge in [-0.05, 0) is 43.7 Å². The van der Waals surface area contributed by atoms with Gasteiger partial charge in [0.25, 0.3) is 5.91 Å². The highest BCUT2D eigenvalue weighted by atomic mass is 127. The molecule has 1 atom stereocenters. The molecule has 1 fully saturated rings. The summed E-state index contributed by atoms with van der Waals surface area (Å²) in [5.74, 6) is -1.17. The van der Waals surface area contributed by atoms with Crippen molar-refractivity contribution in [1.82, 2.24) is 25.6 Å². The third-order valence-corrected chi connectivity index (χ3v) is 6.60. The van der Waals surface area contributed by atoms with Crippen LogP contribution in [0.5, 0.6) is 0 Å². The molecule has 2 amide bonds. The molecule has 0 saturated carbocycles. The number of carbonyl (C=O) groups excluding carboxylic acids is 2. The minimum atomic E-state index is -3.28. The Morgan fingerprint density at radius 2 is 1.87 bits per heavy atom. The van der Waals surface area contributed by atoms with Crippen LogP contribution in [0.2, 0.25) is 0 Å². The zero-order valence-corrected chi connectivity index (χ0v) is 22.6. The van der Waals surface area contributed by atoms with Gasteiger partial charge in [-0.3, -0.25) is 14.6 Å². The number of hydrogen-bond donors (Lipinski definition) is 3. The number of ether oxygens (including phenoxy) is 1. The van der Waals surface area contributed by atoms with Crippen LogP contribution >= 0.6 is 22.6 Å². The van der Waals surface area contributed by atoms with E-state index in [1.165, 1.54) is 24.7 Å². The van der Waals surface area contributed by atoms with E-state index in [2.05, 4.69) is 30.9 Å². The van der Waals surface area contributed by atoms with Gasteiger partial charge in [-0.15, -0.1) is 0 Å². The lowest BCUT2D eigenvalue weighted by atomic mass is 9.96. The molecule has 1 aliphatic heterocycles. The molecule has 3 aromatic rings. The van der Waals surface area contributed by atoms with E-state index in [0.717, 1.165) is 34.7 Å². The van der Waals surface area contributed by atoms with Gasteiger partial charge in [0.2, 0.25) is 5.91 Å². The lowest BCUT2D eigenvalue weighted by Crippen LogP contribution is -2.59. The fourth-order valence-electron chi connectivity index (χ4n) is 3.90.